The molecule has 0 spiro atoms. The Bertz CT molecular complexity index is 744. The summed E-state index contributed by atoms with van der Waals surface area (Å²) < 4.78 is 18.6. The van der Waals surface area contributed by atoms with Gasteiger partial charge in [0, 0.05) is 26.7 Å². The molecule has 2 aromatic rings. The summed E-state index contributed by atoms with van der Waals surface area (Å²) in [5, 5.41) is 0. The highest BCUT2D eigenvalue weighted by atomic mass is 19.1. The highest BCUT2D eigenvalue weighted by molar-refractivity contribution is 5.77. The molecule has 146 valence electrons. The molecule has 0 radical (unpaired) electrons. The molecule has 1 aromatic carbocycles. The molecule has 2 heterocycles. The van der Waals surface area contributed by atoms with Gasteiger partial charge in [-0.3, -0.25) is 14.6 Å². The number of aryl methyl sites for hydroxylation is 1. The lowest BCUT2D eigenvalue weighted by Crippen LogP contribution is -2.39. The van der Waals surface area contributed by atoms with Crippen LogP contribution in [-0.2, 0) is 17.9 Å². The van der Waals surface area contributed by atoms with Gasteiger partial charge in [0.25, 0.3) is 0 Å². The molecule has 0 aliphatic carbocycles. The van der Waals surface area contributed by atoms with E-state index in [0.717, 1.165) is 56.2 Å². The molecule has 0 N–H and O–H groups in total. The zero-order valence-electron chi connectivity index (χ0n) is 16.2. The maximum absolute atomic E-state index is 13.0. The molecule has 0 saturated carbocycles. The van der Waals surface area contributed by atoms with E-state index in [1.807, 2.05) is 38.2 Å². The van der Waals surface area contributed by atoms with Gasteiger partial charge in [0.1, 0.15) is 17.3 Å². The van der Waals surface area contributed by atoms with Gasteiger partial charge >= 0.3 is 0 Å². The van der Waals surface area contributed by atoms with E-state index < -0.39 is 0 Å². The third kappa shape index (κ3) is 5.91. The van der Waals surface area contributed by atoms with Crippen molar-refractivity contribution in [3.05, 3.63) is 59.3 Å². The van der Waals surface area contributed by atoms with Crippen molar-refractivity contribution < 1.29 is 13.6 Å². The molecule has 6 heteroatoms. The van der Waals surface area contributed by atoms with E-state index in [9.17, 15) is 9.18 Å². The number of likely N-dealkylation sites (N-methyl/N-ethyl adjacent to an activating group) is 1. The molecule has 1 aliphatic heterocycles. The van der Waals surface area contributed by atoms with Crippen LogP contribution in [0.25, 0.3) is 0 Å². The summed E-state index contributed by atoms with van der Waals surface area (Å²) in [4.78, 5) is 18.8. The summed E-state index contributed by atoms with van der Waals surface area (Å²) in [6.07, 6.45) is 1.02. The first-order valence-electron chi connectivity index (χ1n) is 9.48. The zero-order chi connectivity index (χ0) is 19.2. The number of furan rings is 1. The first-order chi connectivity index (χ1) is 13.0. The Morgan fingerprint density at radius 1 is 1.07 bits per heavy atom. The predicted octanol–water partition coefficient (Wildman–Crippen LogP) is 2.89. The van der Waals surface area contributed by atoms with Crippen LogP contribution < -0.4 is 0 Å². The molecule has 1 aromatic heterocycles. The number of rotatable bonds is 6. The number of carbonyl (C=O) groups is 1. The number of carbonyl (C=O) groups excluding carboxylic acids is 1. The lowest BCUT2D eigenvalue weighted by atomic mass is 10.2. The summed E-state index contributed by atoms with van der Waals surface area (Å²) in [6, 6.07) is 10.5. The van der Waals surface area contributed by atoms with E-state index >= 15 is 0 Å². The fourth-order valence-electron chi connectivity index (χ4n) is 3.39. The Balaban J connectivity index is 1.45. The largest absolute Gasteiger partial charge is 0.464 e. The maximum atomic E-state index is 13.0. The van der Waals surface area contributed by atoms with E-state index in [0.29, 0.717) is 13.1 Å². The first-order valence-corrected chi connectivity index (χ1v) is 9.48. The molecule has 0 bridgehead atoms. The van der Waals surface area contributed by atoms with Crippen molar-refractivity contribution in [1.82, 2.24) is 14.7 Å². The van der Waals surface area contributed by atoms with Crippen molar-refractivity contribution in [1.29, 1.82) is 0 Å². The molecular weight excluding hydrogens is 345 g/mol. The Morgan fingerprint density at radius 2 is 1.78 bits per heavy atom. The molecule has 3 rings (SSSR count). The van der Waals surface area contributed by atoms with Crippen LogP contribution in [0.2, 0.25) is 0 Å². The molecular formula is C21H28FN3O2. The van der Waals surface area contributed by atoms with Gasteiger partial charge in [-0.1, -0.05) is 12.1 Å². The van der Waals surface area contributed by atoms with Crippen LogP contribution in [0.4, 0.5) is 4.39 Å². The molecule has 1 amide bonds. The van der Waals surface area contributed by atoms with E-state index in [1.54, 1.807) is 4.90 Å². The number of hydrogen-bond acceptors (Lipinski definition) is 4. The third-order valence-electron chi connectivity index (χ3n) is 4.97. The highest BCUT2D eigenvalue weighted by Gasteiger charge is 2.19. The van der Waals surface area contributed by atoms with Crippen LogP contribution >= 0.6 is 0 Å². The number of hydrogen-bond donors (Lipinski definition) is 0. The standard InChI is InChI=1S/C21H28FN3O2/c1-17-4-9-20(27-17)15-23(2)21(26)16-25-11-3-10-24(12-13-25)14-18-5-7-19(22)8-6-18/h4-9H,3,10-16H2,1-2H3. The fraction of sp³-hybridized carbons (Fsp3) is 0.476. The Morgan fingerprint density at radius 3 is 2.48 bits per heavy atom. The maximum Gasteiger partial charge on any atom is 0.236 e. The number of amides is 1. The lowest BCUT2D eigenvalue weighted by Gasteiger charge is -2.24. The number of benzene rings is 1. The normalized spacial score (nSPS) is 16.3. The van der Waals surface area contributed by atoms with Crippen LogP contribution in [0.15, 0.2) is 40.8 Å². The second-order valence-electron chi connectivity index (χ2n) is 7.29. The molecule has 0 unspecified atom stereocenters. The Labute approximate surface area is 160 Å². The quantitative estimate of drug-likeness (QED) is 0.781. The van der Waals surface area contributed by atoms with Crippen LogP contribution in [-0.4, -0.2) is 60.4 Å². The van der Waals surface area contributed by atoms with Crippen molar-refractivity contribution >= 4 is 5.91 Å². The van der Waals surface area contributed by atoms with Crippen LogP contribution in [0.3, 0.4) is 0 Å². The lowest BCUT2D eigenvalue weighted by molar-refractivity contribution is -0.131. The van der Waals surface area contributed by atoms with Gasteiger partial charge in [-0.25, -0.2) is 4.39 Å². The van der Waals surface area contributed by atoms with Gasteiger partial charge in [-0.2, -0.15) is 0 Å². The summed E-state index contributed by atoms with van der Waals surface area (Å²) in [5.41, 5.74) is 1.12. The molecule has 27 heavy (non-hydrogen) atoms. The number of nitrogens with zero attached hydrogens (tertiary/aromatic N) is 3. The smallest absolute Gasteiger partial charge is 0.236 e. The monoisotopic (exact) mass is 373 g/mol. The van der Waals surface area contributed by atoms with Gasteiger partial charge in [0.05, 0.1) is 13.1 Å². The Kier molecular flexibility index (Phi) is 6.63. The summed E-state index contributed by atoms with van der Waals surface area (Å²) >= 11 is 0. The van der Waals surface area contributed by atoms with Crippen molar-refractivity contribution in [3.8, 4) is 0 Å². The summed E-state index contributed by atoms with van der Waals surface area (Å²) in [6.45, 7) is 7.33. The van der Waals surface area contributed by atoms with Crippen molar-refractivity contribution in [2.75, 3.05) is 39.8 Å². The van der Waals surface area contributed by atoms with Crippen molar-refractivity contribution in [2.45, 2.75) is 26.4 Å². The van der Waals surface area contributed by atoms with E-state index in [4.69, 9.17) is 4.42 Å². The van der Waals surface area contributed by atoms with E-state index in [-0.39, 0.29) is 11.7 Å². The SMILES string of the molecule is Cc1ccc(CN(C)C(=O)CN2CCCN(Cc3ccc(F)cc3)CC2)o1. The van der Waals surface area contributed by atoms with Gasteiger partial charge in [-0.05, 0) is 56.3 Å². The Hall–Kier alpha value is -2.18. The van der Waals surface area contributed by atoms with Crippen LogP contribution in [0.1, 0.15) is 23.5 Å². The average Bonchev–Trinajstić information content (AvgIpc) is 2.92. The zero-order valence-corrected chi connectivity index (χ0v) is 16.2. The van der Waals surface area contributed by atoms with Gasteiger partial charge < -0.3 is 9.32 Å². The molecule has 0 atom stereocenters. The summed E-state index contributed by atoms with van der Waals surface area (Å²) in [7, 11) is 1.82. The second-order valence-corrected chi connectivity index (χ2v) is 7.29. The van der Waals surface area contributed by atoms with E-state index in [2.05, 4.69) is 9.80 Å². The minimum atomic E-state index is -0.201. The molecule has 1 saturated heterocycles. The van der Waals surface area contributed by atoms with Gasteiger partial charge in [0.2, 0.25) is 5.91 Å². The topological polar surface area (TPSA) is 39.9 Å². The average molecular weight is 373 g/mol. The minimum absolute atomic E-state index is 0.107. The van der Waals surface area contributed by atoms with Gasteiger partial charge in [-0.15, -0.1) is 0 Å². The molecule has 1 fully saturated rings. The molecule has 1 aliphatic rings. The third-order valence-corrected chi connectivity index (χ3v) is 4.97. The van der Waals surface area contributed by atoms with Crippen LogP contribution in [0.5, 0.6) is 0 Å². The fourth-order valence-corrected chi connectivity index (χ4v) is 3.39. The predicted molar refractivity (Wildman–Crippen MR) is 103 cm³/mol. The van der Waals surface area contributed by atoms with Crippen LogP contribution in [0, 0.1) is 12.7 Å². The van der Waals surface area contributed by atoms with E-state index in [1.165, 1.54) is 12.1 Å². The first kappa shape index (κ1) is 19.6. The summed E-state index contributed by atoms with van der Waals surface area (Å²) in [5.74, 6) is 1.58. The number of halogens is 1. The molecule has 5 nitrogen and oxygen atoms in total. The highest BCUT2D eigenvalue weighted by Crippen LogP contribution is 2.12. The minimum Gasteiger partial charge on any atom is -0.464 e. The van der Waals surface area contributed by atoms with Crippen molar-refractivity contribution in [2.24, 2.45) is 0 Å². The van der Waals surface area contributed by atoms with Crippen molar-refractivity contribution in [3.63, 3.8) is 0 Å². The second kappa shape index (κ2) is 9.15. The van der Waals surface area contributed by atoms with Gasteiger partial charge in [0.15, 0.2) is 0 Å².